The van der Waals surface area contributed by atoms with Crippen molar-refractivity contribution in [3.63, 3.8) is 0 Å². The third-order valence-electron chi connectivity index (χ3n) is 4.11. The maximum atomic E-state index is 11.8. The van der Waals surface area contributed by atoms with Gasteiger partial charge in [-0.1, -0.05) is 12.8 Å². The Hall–Kier alpha value is -2.24. The molecule has 6 heteroatoms. The number of esters is 1. The highest BCUT2D eigenvalue weighted by Crippen LogP contribution is 2.23. The van der Waals surface area contributed by atoms with Crippen molar-refractivity contribution in [2.24, 2.45) is 0 Å². The Labute approximate surface area is 142 Å². The fourth-order valence-corrected chi connectivity index (χ4v) is 2.81. The van der Waals surface area contributed by atoms with E-state index < -0.39 is 5.97 Å². The number of benzene rings is 1. The molecule has 0 saturated heterocycles. The number of nitrogens with one attached hydrogen (secondary N) is 1. The van der Waals surface area contributed by atoms with E-state index >= 15 is 0 Å². The summed E-state index contributed by atoms with van der Waals surface area (Å²) in [5, 5.41) is 2.89. The van der Waals surface area contributed by atoms with Crippen molar-refractivity contribution < 1.29 is 23.8 Å². The van der Waals surface area contributed by atoms with Gasteiger partial charge in [0.25, 0.3) is 5.91 Å². The third-order valence-corrected chi connectivity index (χ3v) is 4.11. The first-order chi connectivity index (χ1) is 11.6. The molecule has 0 atom stereocenters. The summed E-state index contributed by atoms with van der Waals surface area (Å²) in [6, 6.07) is 5.71. The molecule has 1 aliphatic rings. The minimum atomic E-state index is -0.390. The van der Waals surface area contributed by atoms with Crippen LogP contribution in [0.15, 0.2) is 18.2 Å². The summed E-state index contributed by atoms with van der Waals surface area (Å²) >= 11 is 0. The van der Waals surface area contributed by atoms with Gasteiger partial charge in [0.05, 0.1) is 14.2 Å². The first-order valence-corrected chi connectivity index (χ1v) is 8.27. The zero-order chi connectivity index (χ0) is 17.4. The molecule has 1 fully saturated rings. The normalized spacial score (nSPS) is 14.2. The summed E-state index contributed by atoms with van der Waals surface area (Å²) < 4.78 is 15.4. The molecule has 1 N–H and O–H groups in total. The number of hydrogen-bond acceptors (Lipinski definition) is 5. The maximum absolute atomic E-state index is 11.8. The molecule has 6 nitrogen and oxygen atoms in total. The summed E-state index contributed by atoms with van der Waals surface area (Å²) in [4.78, 5) is 23.5. The highest BCUT2D eigenvalue weighted by atomic mass is 16.5. The Balaban J connectivity index is 1.73. The second-order valence-electron chi connectivity index (χ2n) is 5.93. The number of hydrogen-bond donors (Lipinski definition) is 1. The predicted octanol–water partition coefficient (Wildman–Crippen LogP) is 2.24. The summed E-state index contributed by atoms with van der Waals surface area (Å²) in [6.45, 7) is -0.212. The van der Waals surface area contributed by atoms with Gasteiger partial charge >= 0.3 is 5.97 Å². The molecule has 0 unspecified atom stereocenters. The zero-order valence-electron chi connectivity index (χ0n) is 14.3. The molecular weight excluding hydrogens is 310 g/mol. The van der Waals surface area contributed by atoms with Gasteiger partial charge in [0.1, 0.15) is 11.5 Å². The number of aryl methyl sites for hydroxylation is 1. The van der Waals surface area contributed by atoms with Crippen molar-refractivity contribution in [3.8, 4) is 11.5 Å². The topological polar surface area (TPSA) is 73.9 Å². The Bertz CT molecular complexity index is 544. The quantitative estimate of drug-likeness (QED) is 0.738. The van der Waals surface area contributed by atoms with Crippen LogP contribution in [0, 0.1) is 0 Å². The molecule has 1 aromatic rings. The van der Waals surface area contributed by atoms with Crippen molar-refractivity contribution in [2.45, 2.75) is 44.6 Å². The molecule has 0 aliphatic heterocycles. The van der Waals surface area contributed by atoms with E-state index in [2.05, 4.69) is 5.32 Å². The van der Waals surface area contributed by atoms with Gasteiger partial charge in [0, 0.05) is 18.5 Å². The number of amides is 1. The van der Waals surface area contributed by atoms with Crippen LogP contribution in [0.5, 0.6) is 11.5 Å². The number of rotatable bonds is 8. The zero-order valence-corrected chi connectivity index (χ0v) is 14.3. The van der Waals surface area contributed by atoms with Gasteiger partial charge < -0.3 is 19.5 Å². The van der Waals surface area contributed by atoms with Crippen molar-refractivity contribution >= 4 is 11.9 Å². The lowest BCUT2D eigenvalue weighted by Gasteiger charge is -2.12. The van der Waals surface area contributed by atoms with Gasteiger partial charge in [-0.3, -0.25) is 9.59 Å². The second kappa shape index (κ2) is 9.15. The lowest BCUT2D eigenvalue weighted by molar-refractivity contribution is -0.148. The first kappa shape index (κ1) is 18.1. The van der Waals surface area contributed by atoms with E-state index in [0.29, 0.717) is 17.9 Å². The van der Waals surface area contributed by atoms with E-state index in [1.54, 1.807) is 20.3 Å². The Morgan fingerprint density at radius 1 is 1.08 bits per heavy atom. The molecule has 24 heavy (non-hydrogen) atoms. The molecule has 0 spiro atoms. The van der Waals surface area contributed by atoms with Crippen LogP contribution in [-0.2, 0) is 20.7 Å². The minimum absolute atomic E-state index is 0.201. The minimum Gasteiger partial charge on any atom is -0.497 e. The molecule has 1 aromatic carbocycles. The highest BCUT2D eigenvalue weighted by molar-refractivity contribution is 5.80. The van der Waals surface area contributed by atoms with E-state index in [9.17, 15) is 9.59 Å². The maximum Gasteiger partial charge on any atom is 0.306 e. The Morgan fingerprint density at radius 3 is 2.29 bits per heavy atom. The van der Waals surface area contributed by atoms with Crippen LogP contribution in [0.25, 0.3) is 0 Å². The SMILES string of the molecule is COc1cc(CCC(=O)OCC(=O)NC2CCCC2)cc(OC)c1. The van der Waals surface area contributed by atoms with Gasteiger partial charge in [-0.2, -0.15) is 0 Å². The van der Waals surface area contributed by atoms with Crippen LogP contribution < -0.4 is 14.8 Å². The second-order valence-corrected chi connectivity index (χ2v) is 5.93. The van der Waals surface area contributed by atoms with Crippen molar-refractivity contribution in [1.29, 1.82) is 0 Å². The Kier molecular flexibility index (Phi) is 6.90. The summed E-state index contributed by atoms with van der Waals surface area (Å²) in [7, 11) is 3.16. The molecule has 0 heterocycles. The van der Waals surface area contributed by atoms with Gasteiger partial charge in [-0.05, 0) is 37.0 Å². The lowest BCUT2D eigenvalue weighted by atomic mass is 10.1. The summed E-state index contributed by atoms with van der Waals surface area (Å²) in [5.74, 6) is 0.735. The van der Waals surface area contributed by atoms with Crippen molar-refractivity contribution in [1.82, 2.24) is 5.32 Å². The number of carbonyl (C=O) groups excluding carboxylic acids is 2. The number of carbonyl (C=O) groups is 2. The number of methoxy groups -OCH3 is 2. The molecule has 2 rings (SSSR count). The van der Waals surface area contributed by atoms with Crippen LogP contribution in [0.1, 0.15) is 37.7 Å². The molecule has 0 bridgehead atoms. The van der Waals surface area contributed by atoms with Gasteiger partial charge in [-0.15, -0.1) is 0 Å². The largest absolute Gasteiger partial charge is 0.497 e. The number of ether oxygens (including phenoxy) is 3. The molecule has 132 valence electrons. The van der Waals surface area contributed by atoms with Crippen molar-refractivity contribution in [2.75, 3.05) is 20.8 Å². The average molecular weight is 335 g/mol. The molecular formula is C18H25NO5. The molecule has 1 saturated carbocycles. The highest BCUT2D eigenvalue weighted by Gasteiger charge is 2.17. The van der Waals surface area contributed by atoms with Gasteiger partial charge in [-0.25, -0.2) is 0 Å². The molecule has 1 aliphatic carbocycles. The van der Waals surface area contributed by atoms with E-state index in [0.717, 1.165) is 31.2 Å². The van der Waals surface area contributed by atoms with Crippen LogP contribution in [0.2, 0.25) is 0 Å². The van der Waals surface area contributed by atoms with Crippen LogP contribution in [0.3, 0.4) is 0 Å². The van der Waals surface area contributed by atoms with Gasteiger partial charge in [0.15, 0.2) is 6.61 Å². The first-order valence-electron chi connectivity index (χ1n) is 8.27. The predicted molar refractivity (Wildman–Crippen MR) is 89.2 cm³/mol. The van der Waals surface area contributed by atoms with E-state index in [-0.39, 0.29) is 25.0 Å². The Morgan fingerprint density at radius 2 is 1.71 bits per heavy atom. The lowest BCUT2D eigenvalue weighted by Crippen LogP contribution is -2.35. The fraction of sp³-hybridized carbons (Fsp3) is 0.556. The van der Waals surface area contributed by atoms with Crippen LogP contribution in [-0.4, -0.2) is 38.7 Å². The van der Waals surface area contributed by atoms with E-state index in [1.807, 2.05) is 12.1 Å². The van der Waals surface area contributed by atoms with E-state index in [4.69, 9.17) is 14.2 Å². The van der Waals surface area contributed by atoms with Crippen LogP contribution >= 0.6 is 0 Å². The molecule has 0 radical (unpaired) electrons. The summed E-state index contributed by atoms with van der Waals surface area (Å²) in [6.07, 6.45) is 5.02. The standard InChI is InChI=1S/C18H25NO5/c1-22-15-9-13(10-16(11-15)23-2)7-8-18(21)24-12-17(20)19-14-5-3-4-6-14/h9-11,14H,3-8,12H2,1-2H3,(H,19,20). The monoisotopic (exact) mass is 335 g/mol. The molecule has 1 amide bonds. The average Bonchev–Trinajstić information content (AvgIpc) is 3.10. The molecule has 0 aromatic heterocycles. The fourth-order valence-electron chi connectivity index (χ4n) is 2.81. The smallest absolute Gasteiger partial charge is 0.306 e. The van der Waals surface area contributed by atoms with E-state index in [1.165, 1.54) is 0 Å². The van der Waals surface area contributed by atoms with Crippen molar-refractivity contribution in [3.05, 3.63) is 23.8 Å². The van der Waals surface area contributed by atoms with Gasteiger partial charge in [0.2, 0.25) is 0 Å². The summed E-state index contributed by atoms with van der Waals surface area (Å²) in [5.41, 5.74) is 0.915. The van der Waals surface area contributed by atoms with Crippen LogP contribution in [0.4, 0.5) is 0 Å². The third kappa shape index (κ3) is 5.76.